The molecule has 2 fully saturated rings. The predicted octanol–water partition coefficient (Wildman–Crippen LogP) is 3.97. The number of hydrogen-bond donors (Lipinski definition) is 0. The summed E-state index contributed by atoms with van der Waals surface area (Å²) in [6.07, 6.45) is 5.10. The molecule has 27 heavy (non-hydrogen) atoms. The molecule has 0 aromatic heterocycles. The first-order valence-corrected chi connectivity index (χ1v) is 10.1. The fourth-order valence-electron chi connectivity index (χ4n) is 3.87. The Morgan fingerprint density at radius 2 is 1.67 bits per heavy atom. The largest absolute Gasteiger partial charge is 0.489 e. The molecule has 4 nitrogen and oxygen atoms in total. The van der Waals surface area contributed by atoms with Crippen LogP contribution in [-0.4, -0.2) is 47.9 Å². The average molecular weight is 364 g/mol. The summed E-state index contributed by atoms with van der Waals surface area (Å²) in [6, 6.07) is 18.4. The summed E-state index contributed by atoms with van der Waals surface area (Å²) in [4.78, 5) is 17.5. The first-order chi connectivity index (χ1) is 13.3. The lowest BCUT2D eigenvalue weighted by Gasteiger charge is -2.36. The lowest BCUT2D eigenvalue weighted by molar-refractivity contribution is 0.0749. The molecule has 0 atom stereocenters. The molecule has 1 saturated heterocycles. The zero-order valence-corrected chi connectivity index (χ0v) is 15.8. The Hall–Kier alpha value is -2.33. The number of benzene rings is 2. The van der Waals surface area contributed by atoms with Crippen LogP contribution in [0.2, 0.25) is 0 Å². The van der Waals surface area contributed by atoms with Crippen LogP contribution in [-0.2, 0) is 6.61 Å². The molecule has 2 aromatic carbocycles. The van der Waals surface area contributed by atoms with Gasteiger partial charge < -0.3 is 9.64 Å². The van der Waals surface area contributed by atoms with Crippen LogP contribution in [0, 0.1) is 0 Å². The van der Waals surface area contributed by atoms with Gasteiger partial charge in [-0.3, -0.25) is 9.69 Å². The van der Waals surface area contributed by atoms with Crippen molar-refractivity contribution in [3.63, 3.8) is 0 Å². The van der Waals surface area contributed by atoms with Crippen LogP contribution < -0.4 is 4.74 Å². The lowest BCUT2D eigenvalue weighted by atomic mass is 9.91. The van der Waals surface area contributed by atoms with Gasteiger partial charge >= 0.3 is 0 Å². The Balaban J connectivity index is 1.32. The van der Waals surface area contributed by atoms with Crippen molar-refractivity contribution in [3.8, 4) is 5.75 Å². The van der Waals surface area contributed by atoms with Gasteiger partial charge in [-0.05, 0) is 49.1 Å². The Labute approximate surface area is 161 Å². The predicted molar refractivity (Wildman–Crippen MR) is 107 cm³/mol. The van der Waals surface area contributed by atoms with Crippen molar-refractivity contribution < 1.29 is 9.53 Å². The molecule has 142 valence electrons. The first-order valence-electron chi connectivity index (χ1n) is 10.1. The summed E-state index contributed by atoms with van der Waals surface area (Å²) in [5, 5.41) is 0. The fourth-order valence-corrected chi connectivity index (χ4v) is 3.87. The van der Waals surface area contributed by atoms with Gasteiger partial charge in [-0.1, -0.05) is 36.8 Å². The molecule has 0 spiro atoms. The van der Waals surface area contributed by atoms with Gasteiger partial charge in [0.2, 0.25) is 0 Å². The lowest BCUT2D eigenvalue weighted by Crippen LogP contribution is -2.42. The van der Waals surface area contributed by atoms with E-state index in [1.54, 1.807) is 0 Å². The molecule has 1 saturated carbocycles. The van der Waals surface area contributed by atoms with Crippen molar-refractivity contribution in [2.24, 2.45) is 0 Å². The van der Waals surface area contributed by atoms with Gasteiger partial charge in [-0.2, -0.15) is 0 Å². The molecule has 0 bridgehead atoms. The minimum absolute atomic E-state index is 0.139. The van der Waals surface area contributed by atoms with E-state index in [4.69, 9.17) is 4.74 Å². The molecule has 0 unspecified atom stereocenters. The Bertz CT molecular complexity index is 741. The second-order valence-electron chi connectivity index (χ2n) is 7.57. The van der Waals surface area contributed by atoms with Gasteiger partial charge in [-0.15, -0.1) is 0 Å². The highest BCUT2D eigenvalue weighted by molar-refractivity contribution is 5.94. The Morgan fingerprint density at radius 3 is 2.37 bits per heavy atom. The van der Waals surface area contributed by atoms with Crippen LogP contribution >= 0.6 is 0 Å². The monoisotopic (exact) mass is 364 g/mol. The van der Waals surface area contributed by atoms with E-state index in [0.717, 1.165) is 55.5 Å². The van der Waals surface area contributed by atoms with E-state index in [9.17, 15) is 4.79 Å². The normalized spacial score (nSPS) is 18.6. The number of hydrogen-bond acceptors (Lipinski definition) is 3. The fraction of sp³-hybridized carbons (Fsp3) is 0.435. The molecule has 4 rings (SSSR count). The minimum atomic E-state index is 0.139. The SMILES string of the molecule is O=C(c1ccc(OCc2ccccc2)cc1)N1CCCN(C2CCC2)CC1. The van der Waals surface area contributed by atoms with Crippen LogP contribution in [0.4, 0.5) is 0 Å². The molecule has 2 aromatic rings. The van der Waals surface area contributed by atoms with Crippen molar-refractivity contribution in [2.45, 2.75) is 38.3 Å². The topological polar surface area (TPSA) is 32.8 Å². The summed E-state index contributed by atoms with van der Waals surface area (Å²) in [6.45, 7) is 4.36. The number of nitrogens with zero attached hydrogens (tertiary/aromatic N) is 2. The van der Waals surface area contributed by atoms with E-state index >= 15 is 0 Å². The highest BCUT2D eigenvalue weighted by Gasteiger charge is 2.27. The van der Waals surface area contributed by atoms with Crippen LogP contribution in [0.15, 0.2) is 54.6 Å². The Morgan fingerprint density at radius 1 is 0.889 bits per heavy atom. The first kappa shape index (κ1) is 18.1. The summed E-state index contributed by atoms with van der Waals surface area (Å²) < 4.78 is 5.82. The molecule has 4 heteroatoms. The van der Waals surface area contributed by atoms with E-state index in [-0.39, 0.29) is 5.91 Å². The standard InChI is InChI=1S/C23H28N2O2/c26-23(25-15-5-14-24(16-17-25)21-8-4-9-21)20-10-12-22(13-11-20)27-18-19-6-2-1-3-7-19/h1-3,6-7,10-13,21H,4-5,8-9,14-18H2. The van der Waals surface area contributed by atoms with Crippen LogP contribution in [0.5, 0.6) is 5.75 Å². The molecule has 1 heterocycles. The maximum absolute atomic E-state index is 12.9. The summed E-state index contributed by atoms with van der Waals surface area (Å²) >= 11 is 0. The van der Waals surface area contributed by atoms with Crippen molar-refractivity contribution in [1.82, 2.24) is 9.80 Å². The zero-order valence-electron chi connectivity index (χ0n) is 15.8. The highest BCUT2D eigenvalue weighted by Crippen LogP contribution is 2.26. The van der Waals surface area contributed by atoms with E-state index < -0.39 is 0 Å². The van der Waals surface area contributed by atoms with Crippen molar-refractivity contribution in [2.75, 3.05) is 26.2 Å². The average Bonchev–Trinajstić information content (AvgIpc) is 2.92. The van der Waals surface area contributed by atoms with Crippen molar-refractivity contribution >= 4 is 5.91 Å². The van der Waals surface area contributed by atoms with E-state index in [2.05, 4.69) is 4.90 Å². The molecule has 0 N–H and O–H groups in total. The molecule has 1 aliphatic carbocycles. The molecule has 1 aliphatic heterocycles. The molecule has 0 radical (unpaired) electrons. The van der Waals surface area contributed by atoms with Gasteiger partial charge in [-0.25, -0.2) is 0 Å². The third kappa shape index (κ3) is 4.51. The third-order valence-electron chi connectivity index (χ3n) is 5.76. The number of rotatable bonds is 5. The highest BCUT2D eigenvalue weighted by atomic mass is 16.5. The smallest absolute Gasteiger partial charge is 0.253 e. The number of ether oxygens (including phenoxy) is 1. The number of amides is 1. The van der Waals surface area contributed by atoms with Crippen molar-refractivity contribution in [1.29, 1.82) is 0 Å². The maximum atomic E-state index is 12.9. The second kappa shape index (κ2) is 8.57. The van der Waals surface area contributed by atoms with Gasteiger partial charge in [0.25, 0.3) is 5.91 Å². The summed E-state index contributed by atoms with van der Waals surface area (Å²) in [7, 11) is 0. The number of carbonyl (C=O) groups is 1. The third-order valence-corrected chi connectivity index (χ3v) is 5.76. The molecular weight excluding hydrogens is 336 g/mol. The van der Waals surface area contributed by atoms with Gasteiger partial charge in [0.1, 0.15) is 12.4 Å². The molecule has 1 amide bonds. The second-order valence-corrected chi connectivity index (χ2v) is 7.57. The van der Waals surface area contributed by atoms with Gasteiger partial charge in [0.05, 0.1) is 0 Å². The quantitative estimate of drug-likeness (QED) is 0.805. The number of carbonyl (C=O) groups excluding carboxylic acids is 1. The van der Waals surface area contributed by atoms with E-state index in [0.29, 0.717) is 6.61 Å². The van der Waals surface area contributed by atoms with Crippen molar-refractivity contribution in [3.05, 3.63) is 65.7 Å². The summed E-state index contributed by atoms with van der Waals surface area (Å²) in [5.41, 5.74) is 1.89. The zero-order chi connectivity index (χ0) is 18.5. The minimum Gasteiger partial charge on any atom is -0.489 e. The van der Waals surface area contributed by atoms with E-state index in [1.807, 2.05) is 59.5 Å². The maximum Gasteiger partial charge on any atom is 0.253 e. The Kier molecular flexibility index (Phi) is 5.73. The van der Waals surface area contributed by atoms with Gasteiger partial charge in [0, 0.05) is 37.8 Å². The molecule has 2 aliphatic rings. The van der Waals surface area contributed by atoms with Gasteiger partial charge in [0.15, 0.2) is 0 Å². The van der Waals surface area contributed by atoms with Crippen LogP contribution in [0.3, 0.4) is 0 Å². The summed E-state index contributed by atoms with van der Waals surface area (Å²) in [5.74, 6) is 0.933. The van der Waals surface area contributed by atoms with E-state index in [1.165, 1.54) is 19.3 Å². The van der Waals surface area contributed by atoms with Crippen LogP contribution in [0.25, 0.3) is 0 Å². The van der Waals surface area contributed by atoms with Crippen LogP contribution in [0.1, 0.15) is 41.6 Å². The molecular formula is C23H28N2O2.